The SMILES string of the molecule is COc1cccc(N2Sc3sccc3C=C2CO)c1. The van der Waals surface area contributed by atoms with E-state index in [1.54, 1.807) is 30.4 Å². The van der Waals surface area contributed by atoms with Gasteiger partial charge in [-0.2, -0.15) is 0 Å². The standard InChI is InChI=1S/C14H13NO2S2/c1-17-13-4-2-3-11(8-13)15-12(9-16)7-10-5-6-18-14(10)19-15/h2-8,16H,9H2,1H3. The maximum atomic E-state index is 9.56. The molecule has 2 heterocycles. The Labute approximate surface area is 120 Å². The topological polar surface area (TPSA) is 32.7 Å². The number of aliphatic hydroxyl groups is 1. The van der Waals surface area contributed by atoms with Gasteiger partial charge in [0.2, 0.25) is 0 Å². The Morgan fingerprint density at radius 2 is 2.21 bits per heavy atom. The van der Waals surface area contributed by atoms with Crippen molar-refractivity contribution in [3.05, 3.63) is 47.0 Å². The summed E-state index contributed by atoms with van der Waals surface area (Å²) in [5.74, 6) is 0.812. The van der Waals surface area contributed by atoms with E-state index in [4.69, 9.17) is 4.74 Å². The highest BCUT2D eigenvalue weighted by molar-refractivity contribution is 8.02. The molecule has 0 radical (unpaired) electrons. The maximum absolute atomic E-state index is 9.56. The molecule has 3 rings (SSSR count). The van der Waals surface area contributed by atoms with Crippen LogP contribution in [-0.4, -0.2) is 18.8 Å². The van der Waals surface area contributed by atoms with E-state index in [0.717, 1.165) is 17.1 Å². The van der Waals surface area contributed by atoms with Crippen molar-refractivity contribution >= 4 is 35.0 Å². The first-order valence-corrected chi connectivity index (χ1v) is 7.48. The monoisotopic (exact) mass is 291 g/mol. The fourth-order valence-corrected chi connectivity index (χ4v) is 3.94. The molecule has 0 fully saturated rings. The Balaban J connectivity index is 2.00. The maximum Gasteiger partial charge on any atom is 0.120 e. The van der Waals surface area contributed by atoms with E-state index in [9.17, 15) is 5.11 Å². The van der Waals surface area contributed by atoms with Crippen LogP contribution in [-0.2, 0) is 0 Å². The van der Waals surface area contributed by atoms with E-state index in [1.807, 2.05) is 34.6 Å². The molecule has 0 saturated carbocycles. The van der Waals surface area contributed by atoms with Gasteiger partial charge in [-0.3, -0.25) is 4.31 Å². The minimum atomic E-state index is 0.0134. The summed E-state index contributed by atoms with van der Waals surface area (Å²) in [6.45, 7) is 0.0134. The molecule has 1 aromatic carbocycles. The molecule has 5 heteroatoms. The molecular formula is C14H13NO2S2. The molecule has 0 amide bonds. The summed E-state index contributed by atoms with van der Waals surface area (Å²) < 4.78 is 8.53. The van der Waals surface area contributed by atoms with Gasteiger partial charge in [0.15, 0.2) is 0 Å². The van der Waals surface area contributed by atoms with Gasteiger partial charge < -0.3 is 9.84 Å². The normalized spacial score (nSPS) is 14.0. The Kier molecular flexibility index (Phi) is 3.50. The van der Waals surface area contributed by atoms with Crippen LogP contribution >= 0.6 is 23.3 Å². The lowest BCUT2D eigenvalue weighted by atomic mass is 10.2. The molecule has 0 aliphatic carbocycles. The van der Waals surface area contributed by atoms with E-state index in [2.05, 4.69) is 11.4 Å². The second-order valence-electron chi connectivity index (χ2n) is 4.04. The minimum Gasteiger partial charge on any atom is -0.497 e. The number of hydrogen-bond acceptors (Lipinski definition) is 5. The largest absolute Gasteiger partial charge is 0.497 e. The summed E-state index contributed by atoms with van der Waals surface area (Å²) in [7, 11) is 1.66. The highest BCUT2D eigenvalue weighted by atomic mass is 32.2. The number of benzene rings is 1. The molecular weight excluding hydrogens is 278 g/mol. The Hall–Kier alpha value is -1.43. The van der Waals surface area contributed by atoms with Crippen molar-refractivity contribution in [1.29, 1.82) is 0 Å². The average molecular weight is 291 g/mol. The third kappa shape index (κ3) is 2.36. The number of hydrogen-bond donors (Lipinski definition) is 1. The molecule has 0 saturated heterocycles. The van der Waals surface area contributed by atoms with Crippen LogP contribution < -0.4 is 9.04 Å². The second-order valence-corrected chi connectivity index (χ2v) is 6.17. The van der Waals surface area contributed by atoms with Gasteiger partial charge in [0.25, 0.3) is 0 Å². The Morgan fingerprint density at radius 1 is 1.32 bits per heavy atom. The molecule has 0 atom stereocenters. The number of nitrogens with zero attached hydrogens (tertiary/aromatic N) is 1. The predicted molar refractivity (Wildman–Crippen MR) is 80.7 cm³/mol. The average Bonchev–Trinajstić information content (AvgIpc) is 2.93. The molecule has 98 valence electrons. The van der Waals surface area contributed by atoms with Crippen molar-refractivity contribution < 1.29 is 9.84 Å². The Bertz CT molecular complexity index is 621. The zero-order valence-corrected chi connectivity index (χ0v) is 12.0. The van der Waals surface area contributed by atoms with Gasteiger partial charge in [-0.05, 0) is 29.7 Å². The zero-order valence-electron chi connectivity index (χ0n) is 10.4. The first kappa shape index (κ1) is 12.6. The highest BCUT2D eigenvalue weighted by Crippen LogP contribution is 2.42. The van der Waals surface area contributed by atoms with E-state index in [1.165, 1.54) is 9.77 Å². The summed E-state index contributed by atoms with van der Waals surface area (Å²) in [5.41, 5.74) is 3.06. The van der Waals surface area contributed by atoms with Crippen LogP contribution in [0.2, 0.25) is 0 Å². The fourth-order valence-electron chi connectivity index (χ4n) is 1.93. The summed E-state index contributed by atoms with van der Waals surface area (Å²) in [5, 5.41) is 11.6. The molecule has 1 N–H and O–H groups in total. The van der Waals surface area contributed by atoms with Gasteiger partial charge in [-0.25, -0.2) is 0 Å². The quantitative estimate of drug-likeness (QED) is 0.876. The number of rotatable bonds is 3. The number of anilines is 1. The first-order chi connectivity index (χ1) is 9.31. The van der Waals surface area contributed by atoms with Crippen molar-refractivity contribution in [1.82, 2.24) is 0 Å². The third-order valence-corrected chi connectivity index (χ3v) is 5.13. The van der Waals surface area contributed by atoms with Gasteiger partial charge in [-0.1, -0.05) is 6.07 Å². The molecule has 1 aliphatic rings. The lowest BCUT2D eigenvalue weighted by molar-refractivity contribution is 0.331. The van der Waals surface area contributed by atoms with Gasteiger partial charge >= 0.3 is 0 Å². The lowest BCUT2D eigenvalue weighted by Crippen LogP contribution is -2.18. The van der Waals surface area contributed by atoms with Crippen LogP contribution in [0.25, 0.3) is 6.08 Å². The number of aliphatic hydroxyl groups excluding tert-OH is 1. The minimum absolute atomic E-state index is 0.0134. The van der Waals surface area contributed by atoms with Gasteiger partial charge in [0.1, 0.15) is 5.75 Å². The zero-order chi connectivity index (χ0) is 13.2. The molecule has 19 heavy (non-hydrogen) atoms. The van der Waals surface area contributed by atoms with Crippen LogP contribution in [0.5, 0.6) is 5.75 Å². The molecule has 0 bridgehead atoms. The van der Waals surface area contributed by atoms with Crippen molar-refractivity contribution in [3.8, 4) is 5.75 Å². The molecule has 1 aliphatic heterocycles. The lowest BCUT2D eigenvalue weighted by Gasteiger charge is -2.28. The summed E-state index contributed by atoms with van der Waals surface area (Å²) in [4.78, 5) is 0. The first-order valence-electron chi connectivity index (χ1n) is 5.83. The summed E-state index contributed by atoms with van der Waals surface area (Å²) >= 11 is 3.35. The summed E-state index contributed by atoms with van der Waals surface area (Å²) in [6, 6.07) is 9.92. The van der Waals surface area contributed by atoms with Crippen molar-refractivity contribution in [2.45, 2.75) is 4.21 Å². The Morgan fingerprint density at radius 3 is 3.00 bits per heavy atom. The molecule has 3 nitrogen and oxygen atoms in total. The van der Waals surface area contributed by atoms with E-state index in [-0.39, 0.29) is 6.61 Å². The van der Waals surface area contributed by atoms with Gasteiger partial charge in [0, 0.05) is 23.6 Å². The van der Waals surface area contributed by atoms with Gasteiger partial charge in [0.05, 0.1) is 29.3 Å². The number of methoxy groups -OCH3 is 1. The number of fused-ring (bicyclic) bond motifs is 1. The van der Waals surface area contributed by atoms with Crippen molar-refractivity contribution in [3.63, 3.8) is 0 Å². The molecule has 0 spiro atoms. The van der Waals surface area contributed by atoms with Crippen LogP contribution in [0.3, 0.4) is 0 Å². The highest BCUT2D eigenvalue weighted by Gasteiger charge is 2.21. The summed E-state index contributed by atoms with van der Waals surface area (Å²) in [6.07, 6.45) is 2.03. The van der Waals surface area contributed by atoms with Crippen LogP contribution in [0.1, 0.15) is 5.56 Å². The predicted octanol–water partition coefficient (Wildman–Crippen LogP) is 3.62. The van der Waals surface area contributed by atoms with E-state index >= 15 is 0 Å². The van der Waals surface area contributed by atoms with Crippen LogP contribution in [0.15, 0.2) is 45.6 Å². The number of ether oxygens (including phenoxy) is 1. The fraction of sp³-hybridized carbons (Fsp3) is 0.143. The molecule has 1 aromatic heterocycles. The van der Waals surface area contributed by atoms with Crippen molar-refractivity contribution in [2.24, 2.45) is 0 Å². The van der Waals surface area contributed by atoms with Crippen LogP contribution in [0, 0.1) is 0 Å². The number of thiophene rings is 1. The second kappa shape index (κ2) is 5.28. The van der Waals surface area contributed by atoms with Crippen molar-refractivity contribution in [2.75, 3.05) is 18.0 Å². The molecule has 0 unspecified atom stereocenters. The molecule has 2 aromatic rings. The smallest absolute Gasteiger partial charge is 0.120 e. The van der Waals surface area contributed by atoms with E-state index in [0.29, 0.717) is 0 Å². The van der Waals surface area contributed by atoms with Gasteiger partial charge in [-0.15, -0.1) is 11.3 Å². The third-order valence-electron chi connectivity index (χ3n) is 2.87. The van der Waals surface area contributed by atoms with Crippen LogP contribution in [0.4, 0.5) is 5.69 Å². The van der Waals surface area contributed by atoms with E-state index < -0.39 is 0 Å².